The quantitative estimate of drug-likeness (QED) is 0.820. The highest BCUT2D eigenvalue weighted by atomic mass is 35.5. The molecule has 0 amide bonds. The van der Waals surface area contributed by atoms with Crippen molar-refractivity contribution in [2.24, 2.45) is 11.7 Å². The molecule has 1 aromatic carbocycles. The van der Waals surface area contributed by atoms with Crippen LogP contribution < -0.4 is 10.5 Å². The number of likely N-dealkylation sites (tertiary alicyclic amines) is 1. The molecule has 1 aliphatic rings. The molecule has 4 heteroatoms. The summed E-state index contributed by atoms with van der Waals surface area (Å²) in [4.78, 5) is 2.52. The van der Waals surface area contributed by atoms with Crippen molar-refractivity contribution < 1.29 is 4.74 Å². The van der Waals surface area contributed by atoms with Crippen LogP contribution in [-0.4, -0.2) is 37.2 Å². The molecule has 0 spiro atoms. The third-order valence-electron chi connectivity index (χ3n) is 3.99. The second kappa shape index (κ2) is 7.87. The molecule has 0 aromatic heterocycles. The first-order valence-corrected chi connectivity index (χ1v) is 7.89. The minimum Gasteiger partial charge on any atom is -0.494 e. The summed E-state index contributed by atoms with van der Waals surface area (Å²) in [6.07, 6.45) is 3.59. The average molecular weight is 297 g/mol. The molecule has 2 rings (SSSR count). The zero-order valence-electron chi connectivity index (χ0n) is 12.2. The smallest absolute Gasteiger partial charge is 0.119 e. The summed E-state index contributed by atoms with van der Waals surface area (Å²) >= 11 is 5.84. The van der Waals surface area contributed by atoms with Crippen LogP contribution in [0.5, 0.6) is 5.75 Å². The van der Waals surface area contributed by atoms with Crippen molar-refractivity contribution in [3.63, 3.8) is 0 Å². The van der Waals surface area contributed by atoms with Crippen LogP contribution in [0.3, 0.4) is 0 Å². The maximum absolute atomic E-state index is 6.01. The van der Waals surface area contributed by atoms with E-state index in [0.29, 0.717) is 12.0 Å². The number of halogens is 1. The maximum Gasteiger partial charge on any atom is 0.119 e. The summed E-state index contributed by atoms with van der Waals surface area (Å²) in [5, 5.41) is 0.743. The number of hydrogen-bond donors (Lipinski definition) is 1. The Morgan fingerprint density at radius 1 is 1.40 bits per heavy atom. The third kappa shape index (κ3) is 4.97. The largest absolute Gasteiger partial charge is 0.494 e. The van der Waals surface area contributed by atoms with Crippen molar-refractivity contribution in [3.05, 3.63) is 29.3 Å². The molecule has 0 saturated carbocycles. The second-order valence-corrected chi connectivity index (χ2v) is 6.15. The Kier molecular flexibility index (Phi) is 6.14. The van der Waals surface area contributed by atoms with E-state index in [1.165, 1.54) is 19.4 Å². The molecule has 0 bridgehead atoms. The van der Waals surface area contributed by atoms with E-state index in [2.05, 4.69) is 11.8 Å². The standard InChI is InChI=1S/C16H25ClN2O/c1-13(18)14-4-2-9-19(12-14)10-3-11-20-16-7-5-15(17)6-8-16/h5-8,13-14H,2-4,9-12,18H2,1H3. The summed E-state index contributed by atoms with van der Waals surface area (Å²) in [6.45, 7) is 6.30. The van der Waals surface area contributed by atoms with Crippen molar-refractivity contribution >= 4 is 11.6 Å². The number of nitrogens with zero attached hydrogens (tertiary/aromatic N) is 1. The van der Waals surface area contributed by atoms with Gasteiger partial charge in [-0.2, -0.15) is 0 Å². The van der Waals surface area contributed by atoms with E-state index in [1.54, 1.807) is 0 Å². The number of rotatable bonds is 6. The number of piperidine rings is 1. The Bertz CT molecular complexity index is 394. The van der Waals surface area contributed by atoms with Gasteiger partial charge in [-0.1, -0.05) is 11.6 Å². The van der Waals surface area contributed by atoms with Gasteiger partial charge in [-0.25, -0.2) is 0 Å². The van der Waals surface area contributed by atoms with E-state index in [9.17, 15) is 0 Å². The van der Waals surface area contributed by atoms with Gasteiger partial charge < -0.3 is 15.4 Å². The summed E-state index contributed by atoms with van der Waals surface area (Å²) in [5.74, 6) is 1.54. The molecule has 3 nitrogen and oxygen atoms in total. The molecule has 2 atom stereocenters. The van der Waals surface area contributed by atoms with Crippen molar-refractivity contribution in [2.75, 3.05) is 26.2 Å². The highest BCUT2D eigenvalue weighted by Gasteiger charge is 2.21. The van der Waals surface area contributed by atoms with Gasteiger partial charge in [-0.05, 0) is 62.9 Å². The lowest BCUT2D eigenvalue weighted by Crippen LogP contribution is -2.42. The van der Waals surface area contributed by atoms with Gasteiger partial charge >= 0.3 is 0 Å². The summed E-state index contributed by atoms with van der Waals surface area (Å²) < 4.78 is 5.72. The molecule has 1 aromatic rings. The van der Waals surface area contributed by atoms with Crippen LogP contribution >= 0.6 is 11.6 Å². The fourth-order valence-corrected chi connectivity index (χ4v) is 2.86. The van der Waals surface area contributed by atoms with E-state index < -0.39 is 0 Å². The normalized spacial score (nSPS) is 21.6. The molecule has 0 radical (unpaired) electrons. The van der Waals surface area contributed by atoms with Gasteiger partial charge in [0, 0.05) is 24.2 Å². The second-order valence-electron chi connectivity index (χ2n) is 5.72. The average Bonchev–Trinajstić information content (AvgIpc) is 2.46. The van der Waals surface area contributed by atoms with E-state index in [0.717, 1.165) is 36.9 Å². The van der Waals surface area contributed by atoms with Gasteiger partial charge in [0.1, 0.15) is 5.75 Å². The Morgan fingerprint density at radius 2 is 2.15 bits per heavy atom. The lowest BCUT2D eigenvalue weighted by atomic mass is 9.92. The van der Waals surface area contributed by atoms with E-state index >= 15 is 0 Å². The lowest BCUT2D eigenvalue weighted by molar-refractivity contribution is 0.151. The Hall–Kier alpha value is -0.770. The first kappa shape index (κ1) is 15.6. The van der Waals surface area contributed by atoms with E-state index in [1.807, 2.05) is 24.3 Å². The Balaban J connectivity index is 1.64. The zero-order chi connectivity index (χ0) is 14.4. The fourth-order valence-electron chi connectivity index (χ4n) is 2.73. The highest BCUT2D eigenvalue weighted by Crippen LogP contribution is 2.19. The molecule has 1 aliphatic heterocycles. The summed E-state index contributed by atoms with van der Waals surface area (Å²) in [7, 11) is 0. The van der Waals surface area contributed by atoms with Crippen LogP contribution in [0.15, 0.2) is 24.3 Å². The number of hydrogen-bond acceptors (Lipinski definition) is 3. The summed E-state index contributed by atoms with van der Waals surface area (Å²) in [5.41, 5.74) is 6.01. The van der Waals surface area contributed by atoms with Crippen LogP contribution in [0.1, 0.15) is 26.2 Å². The van der Waals surface area contributed by atoms with Gasteiger partial charge in [0.05, 0.1) is 6.61 Å². The molecule has 20 heavy (non-hydrogen) atoms. The van der Waals surface area contributed by atoms with Crippen molar-refractivity contribution in [1.82, 2.24) is 4.90 Å². The molecular weight excluding hydrogens is 272 g/mol. The molecule has 2 N–H and O–H groups in total. The number of nitrogens with two attached hydrogens (primary N) is 1. The minimum atomic E-state index is 0.308. The van der Waals surface area contributed by atoms with Crippen molar-refractivity contribution in [3.8, 4) is 5.75 Å². The Morgan fingerprint density at radius 3 is 2.85 bits per heavy atom. The topological polar surface area (TPSA) is 38.5 Å². The summed E-state index contributed by atoms with van der Waals surface area (Å²) in [6, 6.07) is 7.84. The van der Waals surface area contributed by atoms with E-state index in [4.69, 9.17) is 22.1 Å². The predicted octanol–water partition coefficient (Wildman–Crippen LogP) is 3.17. The van der Waals surface area contributed by atoms with Crippen molar-refractivity contribution in [2.45, 2.75) is 32.2 Å². The van der Waals surface area contributed by atoms with Gasteiger partial charge in [-0.3, -0.25) is 0 Å². The van der Waals surface area contributed by atoms with Crippen LogP contribution in [0.25, 0.3) is 0 Å². The van der Waals surface area contributed by atoms with Crippen LogP contribution in [0.2, 0.25) is 5.02 Å². The predicted molar refractivity (Wildman–Crippen MR) is 84.4 cm³/mol. The van der Waals surface area contributed by atoms with Gasteiger partial charge in [-0.15, -0.1) is 0 Å². The molecule has 0 aliphatic carbocycles. The molecule has 112 valence electrons. The van der Waals surface area contributed by atoms with E-state index in [-0.39, 0.29) is 0 Å². The van der Waals surface area contributed by atoms with Crippen LogP contribution in [0, 0.1) is 5.92 Å². The monoisotopic (exact) mass is 296 g/mol. The highest BCUT2D eigenvalue weighted by molar-refractivity contribution is 6.30. The van der Waals surface area contributed by atoms with Crippen LogP contribution in [0.4, 0.5) is 0 Å². The third-order valence-corrected chi connectivity index (χ3v) is 4.24. The number of ether oxygens (including phenoxy) is 1. The SMILES string of the molecule is CC(N)C1CCCN(CCCOc2ccc(Cl)cc2)C1. The van der Waals surface area contributed by atoms with Gasteiger partial charge in [0.2, 0.25) is 0 Å². The molecule has 1 heterocycles. The maximum atomic E-state index is 6.01. The van der Waals surface area contributed by atoms with Gasteiger partial charge in [0.15, 0.2) is 0 Å². The van der Waals surface area contributed by atoms with Crippen molar-refractivity contribution in [1.29, 1.82) is 0 Å². The van der Waals surface area contributed by atoms with Crippen LogP contribution in [-0.2, 0) is 0 Å². The molecule has 2 unspecified atom stereocenters. The number of benzene rings is 1. The fraction of sp³-hybridized carbons (Fsp3) is 0.625. The van der Waals surface area contributed by atoms with Gasteiger partial charge in [0.25, 0.3) is 0 Å². The minimum absolute atomic E-state index is 0.308. The molecular formula is C16H25ClN2O. The first-order chi connectivity index (χ1) is 9.65. The Labute approximate surface area is 127 Å². The zero-order valence-corrected chi connectivity index (χ0v) is 13.0. The first-order valence-electron chi connectivity index (χ1n) is 7.51. The molecule has 1 saturated heterocycles. The lowest BCUT2D eigenvalue weighted by Gasteiger charge is -2.34. The molecule has 1 fully saturated rings.